The summed E-state index contributed by atoms with van der Waals surface area (Å²) in [7, 11) is -3.64. The lowest BCUT2D eigenvalue weighted by atomic mass is 9.78. The molecule has 0 unspecified atom stereocenters. The number of anilines is 1. The summed E-state index contributed by atoms with van der Waals surface area (Å²) in [6.07, 6.45) is 2.84. The lowest BCUT2D eigenvalue weighted by molar-refractivity contribution is -0.117. The summed E-state index contributed by atoms with van der Waals surface area (Å²) in [5.41, 5.74) is 3.23. The standard InChI is InChI=1S/C21H23N3O3S/c1-21(2)12-20(25)24-19-8-7-15(11-17(19)21)28(26,27)23-10-9-14-13-22-18-6-4-3-5-16(14)18/h3-8,11,13,22-23H,9-10,12H2,1-2H3,(H,24,25). The Kier molecular flexibility index (Phi) is 4.51. The average molecular weight is 398 g/mol. The van der Waals surface area contributed by atoms with Crippen LogP contribution in [0.5, 0.6) is 0 Å². The van der Waals surface area contributed by atoms with Crippen molar-refractivity contribution < 1.29 is 13.2 Å². The van der Waals surface area contributed by atoms with Gasteiger partial charge in [-0.15, -0.1) is 0 Å². The van der Waals surface area contributed by atoms with Gasteiger partial charge in [-0.25, -0.2) is 13.1 Å². The molecule has 1 aromatic heterocycles. The van der Waals surface area contributed by atoms with E-state index in [4.69, 9.17) is 0 Å². The summed E-state index contributed by atoms with van der Waals surface area (Å²) in [5, 5.41) is 3.92. The molecule has 0 atom stereocenters. The fourth-order valence-corrected chi connectivity index (χ4v) is 4.85. The molecule has 28 heavy (non-hydrogen) atoms. The van der Waals surface area contributed by atoms with Gasteiger partial charge in [0.15, 0.2) is 0 Å². The Morgan fingerprint density at radius 2 is 1.93 bits per heavy atom. The number of sulfonamides is 1. The predicted octanol–water partition coefficient (Wildman–Crippen LogP) is 3.31. The van der Waals surface area contributed by atoms with E-state index in [1.54, 1.807) is 12.1 Å². The van der Waals surface area contributed by atoms with Gasteiger partial charge in [0.2, 0.25) is 15.9 Å². The molecule has 7 heteroatoms. The minimum Gasteiger partial charge on any atom is -0.361 e. The molecule has 0 radical (unpaired) electrons. The molecular formula is C21H23N3O3S. The van der Waals surface area contributed by atoms with Crippen LogP contribution >= 0.6 is 0 Å². The van der Waals surface area contributed by atoms with Crippen molar-refractivity contribution in [2.24, 2.45) is 0 Å². The molecule has 6 nitrogen and oxygen atoms in total. The van der Waals surface area contributed by atoms with Crippen LogP contribution in [-0.4, -0.2) is 25.9 Å². The maximum atomic E-state index is 12.8. The van der Waals surface area contributed by atoms with Crippen LogP contribution in [0.3, 0.4) is 0 Å². The largest absolute Gasteiger partial charge is 0.361 e. The van der Waals surface area contributed by atoms with Crippen LogP contribution in [0.15, 0.2) is 53.6 Å². The zero-order valence-corrected chi connectivity index (χ0v) is 16.7. The Labute approximate surface area is 164 Å². The number of fused-ring (bicyclic) bond motifs is 2. The number of H-pyrrole nitrogens is 1. The Bertz CT molecular complexity index is 1160. The lowest BCUT2D eigenvalue weighted by Crippen LogP contribution is -2.33. The number of hydrogen-bond donors (Lipinski definition) is 3. The summed E-state index contributed by atoms with van der Waals surface area (Å²) in [4.78, 5) is 15.2. The summed E-state index contributed by atoms with van der Waals surface area (Å²) in [6.45, 7) is 4.21. The van der Waals surface area contributed by atoms with Crippen LogP contribution in [0.4, 0.5) is 5.69 Å². The van der Waals surface area contributed by atoms with Crippen molar-refractivity contribution in [3.05, 3.63) is 59.8 Å². The first kappa shape index (κ1) is 18.7. The summed E-state index contributed by atoms with van der Waals surface area (Å²) in [5.74, 6) is -0.0510. The number of para-hydroxylation sites is 1. The van der Waals surface area contributed by atoms with Gasteiger partial charge < -0.3 is 10.3 Å². The molecule has 1 amide bonds. The van der Waals surface area contributed by atoms with Crippen LogP contribution in [-0.2, 0) is 26.7 Å². The van der Waals surface area contributed by atoms with Gasteiger partial charge in [-0.2, -0.15) is 0 Å². The zero-order valence-electron chi connectivity index (χ0n) is 15.9. The van der Waals surface area contributed by atoms with Crippen LogP contribution in [0, 0.1) is 0 Å². The molecule has 3 aromatic rings. The van der Waals surface area contributed by atoms with Gasteiger partial charge in [0.05, 0.1) is 4.90 Å². The van der Waals surface area contributed by atoms with Gasteiger partial charge in [-0.3, -0.25) is 4.79 Å². The minimum absolute atomic E-state index is 0.0510. The molecule has 2 heterocycles. The molecule has 0 spiro atoms. The van der Waals surface area contributed by atoms with E-state index in [0.29, 0.717) is 25.1 Å². The fourth-order valence-electron chi connectivity index (χ4n) is 3.79. The maximum Gasteiger partial charge on any atom is 0.240 e. The smallest absolute Gasteiger partial charge is 0.240 e. The number of rotatable bonds is 5. The molecule has 1 aliphatic heterocycles. The van der Waals surface area contributed by atoms with Crippen LogP contribution in [0.25, 0.3) is 10.9 Å². The Balaban J connectivity index is 1.52. The van der Waals surface area contributed by atoms with E-state index >= 15 is 0 Å². The van der Waals surface area contributed by atoms with E-state index < -0.39 is 15.4 Å². The molecule has 0 fully saturated rings. The van der Waals surface area contributed by atoms with E-state index in [0.717, 1.165) is 22.0 Å². The average Bonchev–Trinajstić information content (AvgIpc) is 3.04. The molecule has 0 saturated heterocycles. The van der Waals surface area contributed by atoms with E-state index in [-0.39, 0.29) is 10.8 Å². The Morgan fingerprint density at radius 3 is 2.75 bits per heavy atom. The molecule has 146 valence electrons. The molecule has 4 rings (SSSR count). The molecule has 3 N–H and O–H groups in total. The number of amides is 1. The summed E-state index contributed by atoms with van der Waals surface area (Å²) in [6, 6.07) is 12.8. The van der Waals surface area contributed by atoms with Gasteiger partial charge in [-0.05, 0) is 41.8 Å². The first-order chi connectivity index (χ1) is 13.3. The molecular weight excluding hydrogens is 374 g/mol. The number of benzene rings is 2. The van der Waals surface area contributed by atoms with Crippen LogP contribution in [0.1, 0.15) is 31.4 Å². The van der Waals surface area contributed by atoms with E-state index in [1.807, 2.05) is 44.3 Å². The highest BCUT2D eigenvalue weighted by Crippen LogP contribution is 2.38. The van der Waals surface area contributed by atoms with Gasteiger partial charge in [0.1, 0.15) is 0 Å². The van der Waals surface area contributed by atoms with Gasteiger partial charge in [0.25, 0.3) is 0 Å². The Morgan fingerprint density at radius 1 is 1.14 bits per heavy atom. The summed E-state index contributed by atoms with van der Waals surface area (Å²) >= 11 is 0. The van der Waals surface area contributed by atoms with Crippen molar-refractivity contribution in [2.75, 3.05) is 11.9 Å². The number of hydrogen-bond acceptors (Lipinski definition) is 3. The van der Waals surface area contributed by atoms with Gasteiger partial charge in [0, 0.05) is 41.2 Å². The first-order valence-electron chi connectivity index (χ1n) is 9.25. The second-order valence-electron chi connectivity index (χ2n) is 7.82. The summed E-state index contributed by atoms with van der Waals surface area (Å²) < 4.78 is 28.3. The second kappa shape index (κ2) is 6.76. The van der Waals surface area contributed by atoms with Crippen molar-refractivity contribution in [3.63, 3.8) is 0 Å². The monoisotopic (exact) mass is 397 g/mol. The highest BCUT2D eigenvalue weighted by molar-refractivity contribution is 7.89. The van der Waals surface area contributed by atoms with Crippen molar-refractivity contribution in [3.8, 4) is 0 Å². The van der Waals surface area contributed by atoms with Crippen molar-refractivity contribution >= 4 is 32.5 Å². The third-order valence-electron chi connectivity index (χ3n) is 5.27. The van der Waals surface area contributed by atoms with E-state index in [9.17, 15) is 13.2 Å². The highest BCUT2D eigenvalue weighted by atomic mass is 32.2. The van der Waals surface area contributed by atoms with Crippen LogP contribution in [0.2, 0.25) is 0 Å². The minimum atomic E-state index is -3.64. The topological polar surface area (TPSA) is 91.1 Å². The molecule has 0 bridgehead atoms. The van der Waals surface area contributed by atoms with Crippen molar-refractivity contribution in [1.82, 2.24) is 9.71 Å². The van der Waals surface area contributed by atoms with E-state index in [1.165, 1.54) is 6.07 Å². The lowest BCUT2D eigenvalue weighted by Gasteiger charge is -2.32. The molecule has 2 aromatic carbocycles. The first-order valence-corrected chi connectivity index (χ1v) is 10.7. The maximum absolute atomic E-state index is 12.8. The quantitative estimate of drug-likeness (QED) is 0.617. The second-order valence-corrected chi connectivity index (χ2v) is 9.59. The van der Waals surface area contributed by atoms with E-state index in [2.05, 4.69) is 15.0 Å². The van der Waals surface area contributed by atoms with Crippen molar-refractivity contribution in [2.45, 2.75) is 37.0 Å². The zero-order chi connectivity index (χ0) is 19.9. The SMILES string of the molecule is CC1(C)CC(=O)Nc2ccc(S(=O)(=O)NCCc3c[nH]c4ccccc34)cc21. The fraction of sp³-hybridized carbons (Fsp3) is 0.286. The van der Waals surface area contributed by atoms with Crippen LogP contribution < -0.4 is 10.0 Å². The third kappa shape index (κ3) is 3.43. The molecule has 1 aliphatic rings. The predicted molar refractivity (Wildman–Crippen MR) is 110 cm³/mol. The number of carbonyl (C=O) groups excluding carboxylic acids is 1. The molecule has 0 aliphatic carbocycles. The number of aromatic amines is 1. The van der Waals surface area contributed by atoms with Crippen molar-refractivity contribution in [1.29, 1.82) is 0 Å². The number of nitrogens with one attached hydrogen (secondary N) is 3. The molecule has 0 saturated carbocycles. The Hall–Kier alpha value is -2.64. The highest BCUT2D eigenvalue weighted by Gasteiger charge is 2.33. The van der Waals surface area contributed by atoms with Gasteiger partial charge >= 0.3 is 0 Å². The number of carbonyl (C=O) groups is 1. The number of aromatic nitrogens is 1. The normalized spacial score (nSPS) is 16.0. The third-order valence-corrected chi connectivity index (χ3v) is 6.73. The van der Waals surface area contributed by atoms with Gasteiger partial charge in [-0.1, -0.05) is 32.0 Å².